The maximum Gasteiger partial charge on any atom is 0.196 e. The van der Waals surface area contributed by atoms with E-state index in [0.29, 0.717) is 11.0 Å². The van der Waals surface area contributed by atoms with Crippen molar-refractivity contribution in [3.8, 4) is 11.4 Å². The third-order valence-corrected chi connectivity index (χ3v) is 4.80. The van der Waals surface area contributed by atoms with Gasteiger partial charge in [-0.05, 0) is 37.6 Å². The third kappa shape index (κ3) is 4.05. The molecular weight excluding hydrogens is 350 g/mol. The number of rotatable bonds is 7. The number of carboxylic acid groups (broad SMARTS) is 1. The first-order valence-electron chi connectivity index (χ1n) is 8.12. The molecule has 3 rings (SSSR count). The van der Waals surface area contributed by atoms with Gasteiger partial charge in [-0.2, -0.15) is 0 Å². The average Bonchev–Trinajstić information content (AvgIpc) is 3.04. The lowest BCUT2D eigenvalue weighted by Crippen LogP contribution is -2.31. The molecule has 1 atom stereocenters. The fourth-order valence-corrected chi connectivity index (χ4v) is 3.19. The Bertz CT molecular complexity index is 896. The summed E-state index contributed by atoms with van der Waals surface area (Å²) in [5.41, 5.74) is 1.87. The van der Waals surface area contributed by atoms with E-state index in [4.69, 9.17) is 4.74 Å². The Morgan fingerprint density at radius 1 is 1.15 bits per heavy atom. The fraction of sp³-hybridized carbons (Fsp3) is 0.211. The lowest BCUT2D eigenvalue weighted by molar-refractivity contribution is -0.304. The molecule has 0 aliphatic heterocycles. The summed E-state index contributed by atoms with van der Waals surface area (Å²) in [5, 5.41) is 19.2. The summed E-state index contributed by atoms with van der Waals surface area (Å²) in [6.07, 6.45) is 0. The summed E-state index contributed by atoms with van der Waals surface area (Å²) < 4.78 is 7.70. The Hall–Kier alpha value is -2.80. The zero-order chi connectivity index (χ0) is 18.5. The molecule has 6 nitrogen and oxygen atoms in total. The number of para-hydroxylation sites is 2. The predicted octanol–water partition coefficient (Wildman–Crippen LogP) is 2.39. The van der Waals surface area contributed by atoms with Gasteiger partial charge in [0.05, 0.1) is 5.97 Å². The van der Waals surface area contributed by atoms with Crippen LogP contribution >= 0.6 is 11.8 Å². The number of hydrogen-bond donors (Lipinski definition) is 0. The number of carbonyl (C=O) groups excluding carboxylic acids is 1. The summed E-state index contributed by atoms with van der Waals surface area (Å²) in [7, 11) is 0. The Balaban J connectivity index is 1.91. The molecule has 1 aromatic heterocycles. The number of aromatic nitrogens is 3. The van der Waals surface area contributed by atoms with Crippen molar-refractivity contribution in [2.45, 2.75) is 30.9 Å². The Kier molecular flexibility index (Phi) is 5.58. The number of ether oxygens (including phenoxy) is 1. The Labute approximate surface area is 155 Å². The van der Waals surface area contributed by atoms with Gasteiger partial charge in [-0.3, -0.25) is 4.57 Å². The zero-order valence-electron chi connectivity index (χ0n) is 14.5. The molecule has 0 N–H and O–H groups in total. The van der Waals surface area contributed by atoms with Crippen molar-refractivity contribution in [3.63, 3.8) is 0 Å². The SMILES string of the molecule is Cc1ccccc1OCc1nnc(S[C@@H](C)C(=O)[O-])n1-c1ccccc1. The van der Waals surface area contributed by atoms with Crippen LogP contribution in [-0.2, 0) is 11.4 Å². The van der Waals surface area contributed by atoms with Crippen LogP contribution in [0.4, 0.5) is 0 Å². The van der Waals surface area contributed by atoms with Crippen LogP contribution in [0.15, 0.2) is 59.8 Å². The van der Waals surface area contributed by atoms with Gasteiger partial charge >= 0.3 is 0 Å². The van der Waals surface area contributed by atoms with E-state index in [1.165, 1.54) is 0 Å². The van der Waals surface area contributed by atoms with Crippen molar-refractivity contribution in [1.29, 1.82) is 0 Å². The molecule has 2 aromatic carbocycles. The van der Waals surface area contributed by atoms with E-state index >= 15 is 0 Å². The average molecular weight is 368 g/mol. The Morgan fingerprint density at radius 2 is 1.85 bits per heavy atom. The maximum atomic E-state index is 11.1. The largest absolute Gasteiger partial charge is 0.549 e. The molecule has 0 bridgehead atoms. The molecule has 1 heterocycles. The molecule has 134 valence electrons. The summed E-state index contributed by atoms with van der Waals surface area (Å²) >= 11 is 1.09. The third-order valence-electron chi connectivity index (χ3n) is 3.78. The van der Waals surface area contributed by atoms with Gasteiger partial charge in [-0.15, -0.1) is 10.2 Å². The molecule has 0 fully saturated rings. The number of aliphatic carboxylic acids is 1. The second-order valence-corrected chi connectivity index (χ2v) is 7.01. The minimum Gasteiger partial charge on any atom is -0.549 e. The number of carboxylic acids is 1. The van der Waals surface area contributed by atoms with Gasteiger partial charge in [-0.25, -0.2) is 0 Å². The van der Waals surface area contributed by atoms with E-state index in [1.807, 2.05) is 66.1 Å². The van der Waals surface area contributed by atoms with Crippen molar-refractivity contribution in [3.05, 3.63) is 66.0 Å². The predicted molar refractivity (Wildman–Crippen MR) is 97.2 cm³/mol. The maximum absolute atomic E-state index is 11.1. The van der Waals surface area contributed by atoms with Gasteiger partial charge in [0.15, 0.2) is 11.0 Å². The number of nitrogens with zero attached hydrogens (tertiary/aromatic N) is 3. The van der Waals surface area contributed by atoms with Crippen LogP contribution in [-0.4, -0.2) is 26.0 Å². The van der Waals surface area contributed by atoms with Crippen molar-refractivity contribution in [2.75, 3.05) is 0 Å². The number of hydrogen-bond acceptors (Lipinski definition) is 6. The van der Waals surface area contributed by atoms with Crippen molar-refractivity contribution >= 4 is 17.7 Å². The molecule has 0 unspecified atom stereocenters. The summed E-state index contributed by atoms with van der Waals surface area (Å²) in [6, 6.07) is 17.3. The molecule has 0 spiro atoms. The zero-order valence-corrected chi connectivity index (χ0v) is 15.3. The highest BCUT2D eigenvalue weighted by molar-refractivity contribution is 8.00. The molecule has 0 saturated carbocycles. The molecule has 0 aliphatic carbocycles. The number of carbonyl (C=O) groups is 1. The van der Waals surface area contributed by atoms with Crippen molar-refractivity contribution in [2.24, 2.45) is 0 Å². The van der Waals surface area contributed by atoms with Crippen LogP contribution in [0.2, 0.25) is 0 Å². The van der Waals surface area contributed by atoms with Gasteiger partial charge in [0.2, 0.25) is 0 Å². The second kappa shape index (κ2) is 8.05. The van der Waals surface area contributed by atoms with Crippen molar-refractivity contribution in [1.82, 2.24) is 14.8 Å². The fourth-order valence-electron chi connectivity index (χ4n) is 2.37. The smallest absolute Gasteiger partial charge is 0.196 e. The standard InChI is InChI=1S/C19H19N3O3S/c1-13-8-6-7-11-16(13)25-12-17-20-21-19(26-14(2)18(23)24)22(17)15-9-4-3-5-10-15/h3-11,14H,12H2,1-2H3,(H,23,24)/p-1/t14-/m0/s1. The minimum atomic E-state index is -1.14. The molecular formula is C19H18N3O3S-. The summed E-state index contributed by atoms with van der Waals surface area (Å²) in [5.74, 6) is 0.218. The normalized spacial score (nSPS) is 11.9. The van der Waals surface area contributed by atoms with Gasteiger partial charge in [0, 0.05) is 10.9 Å². The first kappa shape index (κ1) is 18.0. The summed E-state index contributed by atoms with van der Waals surface area (Å²) in [6.45, 7) is 3.75. The highest BCUT2D eigenvalue weighted by atomic mass is 32.2. The molecule has 0 amide bonds. The first-order chi connectivity index (χ1) is 12.6. The van der Waals surface area contributed by atoms with E-state index in [9.17, 15) is 9.90 Å². The molecule has 3 aromatic rings. The molecule has 0 radical (unpaired) electrons. The lowest BCUT2D eigenvalue weighted by Gasteiger charge is -2.14. The number of benzene rings is 2. The minimum absolute atomic E-state index is 0.215. The highest BCUT2D eigenvalue weighted by Gasteiger charge is 2.18. The van der Waals surface area contributed by atoms with Gasteiger partial charge in [0.1, 0.15) is 12.4 Å². The molecule has 26 heavy (non-hydrogen) atoms. The van der Waals surface area contributed by atoms with Gasteiger partial charge in [-0.1, -0.05) is 48.2 Å². The van der Waals surface area contributed by atoms with Crippen LogP contribution in [0, 0.1) is 6.92 Å². The van der Waals surface area contributed by atoms with E-state index in [-0.39, 0.29) is 6.61 Å². The lowest BCUT2D eigenvalue weighted by atomic mass is 10.2. The van der Waals surface area contributed by atoms with E-state index in [0.717, 1.165) is 28.8 Å². The second-order valence-electron chi connectivity index (χ2n) is 5.70. The Morgan fingerprint density at radius 3 is 2.54 bits per heavy atom. The van der Waals surface area contributed by atoms with E-state index in [1.54, 1.807) is 6.92 Å². The van der Waals surface area contributed by atoms with E-state index in [2.05, 4.69) is 10.2 Å². The highest BCUT2D eigenvalue weighted by Crippen LogP contribution is 2.26. The quantitative estimate of drug-likeness (QED) is 0.596. The van der Waals surface area contributed by atoms with Crippen LogP contribution in [0.25, 0.3) is 5.69 Å². The van der Waals surface area contributed by atoms with Crippen LogP contribution < -0.4 is 9.84 Å². The van der Waals surface area contributed by atoms with Crippen LogP contribution in [0.5, 0.6) is 5.75 Å². The molecule has 7 heteroatoms. The monoisotopic (exact) mass is 368 g/mol. The molecule has 0 saturated heterocycles. The summed E-state index contributed by atoms with van der Waals surface area (Å²) in [4.78, 5) is 11.1. The number of thioether (sulfide) groups is 1. The molecule has 0 aliphatic rings. The topological polar surface area (TPSA) is 80.1 Å². The van der Waals surface area contributed by atoms with Crippen LogP contribution in [0.3, 0.4) is 0 Å². The van der Waals surface area contributed by atoms with Crippen LogP contribution in [0.1, 0.15) is 18.3 Å². The first-order valence-corrected chi connectivity index (χ1v) is 9.00. The van der Waals surface area contributed by atoms with Gasteiger partial charge in [0.25, 0.3) is 0 Å². The van der Waals surface area contributed by atoms with Crippen molar-refractivity contribution < 1.29 is 14.6 Å². The van der Waals surface area contributed by atoms with Gasteiger partial charge < -0.3 is 14.6 Å². The number of aryl methyl sites for hydroxylation is 1. The van der Waals surface area contributed by atoms with E-state index < -0.39 is 11.2 Å².